The Morgan fingerprint density at radius 3 is 1.92 bits per heavy atom. The molecule has 51 heavy (non-hydrogen) atoms. The van der Waals surface area contributed by atoms with Crippen LogP contribution in [0.15, 0.2) is 176 Å². The Bertz CT molecular complexity index is 2770. The standard InChI is InChI=1S/C49H36N2/c1-49(2)45-18-9-8-15-41(45)42-27-22-36(30-46(42)49)40-16-10-17-43-44-31-39(26-28-47(44)50-48(40)43)51(38-25-21-33-13-6-7-14-35(33)29-38)37-23-19-34(20-24-37)32-11-4-3-5-12-32/h3-31,50H,1-2H3. The van der Waals surface area contributed by atoms with Crippen LogP contribution in [0, 0.1) is 0 Å². The van der Waals surface area contributed by atoms with Crippen LogP contribution in [0.3, 0.4) is 0 Å². The average molecular weight is 653 g/mol. The van der Waals surface area contributed by atoms with Crippen LogP contribution >= 0.6 is 0 Å². The second-order valence-electron chi connectivity index (χ2n) is 14.3. The number of H-pyrrole nitrogens is 1. The van der Waals surface area contributed by atoms with E-state index in [4.69, 9.17) is 0 Å². The first-order valence-electron chi connectivity index (χ1n) is 17.8. The van der Waals surface area contributed by atoms with Crippen LogP contribution in [-0.4, -0.2) is 4.98 Å². The molecule has 8 aromatic carbocycles. The third-order valence-electron chi connectivity index (χ3n) is 11.0. The van der Waals surface area contributed by atoms with Crippen molar-refractivity contribution in [1.29, 1.82) is 0 Å². The van der Waals surface area contributed by atoms with Gasteiger partial charge in [0.15, 0.2) is 0 Å². The summed E-state index contributed by atoms with van der Waals surface area (Å²) in [6.07, 6.45) is 0. The number of hydrogen-bond donors (Lipinski definition) is 1. The van der Waals surface area contributed by atoms with E-state index in [9.17, 15) is 0 Å². The Labute approximate surface area is 298 Å². The summed E-state index contributed by atoms with van der Waals surface area (Å²) in [6, 6.07) is 64.3. The molecule has 1 aliphatic rings. The topological polar surface area (TPSA) is 19.0 Å². The first-order chi connectivity index (χ1) is 25.0. The lowest BCUT2D eigenvalue weighted by molar-refractivity contribution is 0.660. The van der Waals surface area contributed by atoms with E-state index in [1.807, 2.05) is 0 Å². The Morgan fingerprint density at radius 1 is 0.412 bits per heavy atom. The molecule has 0 aliphatic heterocycles. The summed E-state index contributed by atoms with van der Waals surface area (Å²) in [5.74, 6) is 0. The number of hydrogen-bond acceptors (Lipinski definition) is 1. The fourth-order valence-electron chi connectivity index (χ4n) is 8.36. The molecule has 0 fully saturated rings. The first kappa shape index (κ1) is 29.5. The predicted octanol–water partition coefficient (Wildman–Crippen LogP) is 13.6. The van der Waals surface area contributed by atoms with Gasteiger partial charge < -0.3 is 9.88 Å². The second-order valence-corrected chi connectivity index (χ2v) is 14.3. The lowest BCUT2D eigenvalue weighted by Crippen LogP contribution is -2.14. The molecule has 0 saturated carbocycles. The average Bonchev–Trinajstić information content (AvgIpc) is 3.67. The molecule has 1 N–H and O–H groups in total. The first-order valence-corrected chi connectivity index (χ1v) is 17.8. The van der Waals surface area contributed by atoms with Crippen LogP contribution in [0.5, 0.6) is 0 Å². The number of anilines is 3. The Balaban J connectivity index is 1.11. The van der Waals surface area contributed by atoms with E-state index in [2.05, 4.69) is 200 Å². The van der Waals surface area contributed by atoms with Crippen LogP contribution in [0.2, 0.25) is 0 Å². The molecule has 0 radical (unpaired) electrons. The fourth-order valence-corrected chi connectivity index (χ4v) is 8.36. The molecule has 2 heteroatoms. The van der Waals surface area contributed by atoms with Crippen LogP contribution in [0.4, 0.5) is 17.1 Å². The predicted molar refractivity (Wildman–Crippen MR) is 216 cm³/mol. The molecule has 1 aliphatic carbocycles. The molecule has 0 spiro atoms. The summed E-state index contributed by atoms with van der Waals surface area (Å²) >= 11 is 0. The lowest BCUT2D eigenvalue weighted by Gasteiger charge is -2.26. The van der Waals surface area contributed by atoms with E-state index >= 15 is 0 Å². The van der Waals surface area contributed by atoms with Gasteiger partial charge in [0.1, 0.15) is 0 Å². The van der Waals surface area contributed by atoms with Crippen molar-refractivity contribution in [3.63, 3.8) is 0 Å². The van der Waals surface area contributed by atoms with Gasteiger partial charge in [0.05, 0.1) is 5.52 Å². The number of aromatic amines is 1. The van der Waals surface area contributed by atoms with Gasteiger partial charge in [-0.25, -0.2) is 0 Å². The van der Waals surface area contributed by atoms with Crippen LogP contribution in [-0.2, 0) is 5.41 Å². The Kier molecular flexibility index (Phi) is 6.56. The molecule has 2 nitrogen and oxygen atoms in total. The maximum atomic E-state index is 3.83. The van der Waals surface area contributed by atoms with Gasteiger partial charge in [-0.15, -0.1) is 0 Å². The van der Waals surface area contributed by atoms with Crippen molar-refractivity contribution in [2.75, 3.05) is 4.90 Å². The lowest BCUT2D eigenvalue weighted by atomic mass is 9.81. The molecule has 1 heterocycles. The smallest absolute Gasteiger partial charge is 0.0544 e. The molecule has 0 atom stereocenters. The Morgan fingerprint density at radius 2 is 1.06 bits per heavy atom. The third kappa shape index (κ3) is 4.71. The van der Waals surface area contributed by atoms with Gasteiger partial charge in [-0.3, -0.25) is 0 Å². The van der Waals surface area contributed by atoms with Gasteiger partial charge in [0, 0.05) is 44.3 Å². The van der Waals surface area contributed by atoms with Crippen molar-refractivity contribution in [1.82, 2.24) is 4.98 Å². The fraction of sp³-hybridized carbons (Fsp3) is 0.0612. The third-order valence-corrected chi connectivity index (χ3v) is 11.0. The van der Waals surface area contributed by atoms with E-state index in [1.165, 1.54) is 71.6 Å². The molecule has 9 aromatic rings. The highest BCUT2D eigenvalue weighted by molar-refractivity contribution is 6.13. The summed E-state index contributed by atoms with van der Waals surface area (Å²) in [5, 5.41) is 4.90. The van der Waals surface area contributed by atoms with Crippen molar-refractivity contribution in [2.45, 2.75) is 19.3 Å². The van der Waals surface area contributed by atoms with Crippen molar-refractivity contribution < 1.29 is 0 Å². The number of rotatable bonds is 5. The molecule has 242 valence electrons. The molecule has 0 unspecified atom stereocenters. The maximum Gasteiger partial charge on any atom is 0.0544 e. The van der Waals surface area contributed by atoms with Gasteiger partial charge in [-0.1, -0.05) is 141 Å². The Hall–Kier alpha value is -6.38. The van der Waals surface area contributed by atoms with Gasteiger partial charge in [-0.2, -0.15) is 0 Å². The van der Waals surface area contributed by atoms with E-state index in [0.717, 1.165) is 22.6 Å². The molecule has 0 amide bonds. The largest absolute Gasteiger partial charge is 0.354 e. The quantitative estimate of drug-likeness (QED) is 0.196. The van der Waals surface area contributed by atoms with Crippen molar-refractivity contribution >= 4 is 49.6 Å². The van der Waals surface area contributed by atoms with Gasteiger partial charge >= 0.3 is 0 Å². The van der Waals surface area contributed by atoms with E-state index in [-0.39, 0.29) is 5.41 Å². The van der Waals surface area contributed by atoms with E-state index in [1.54, 1.807) is 0 Å². The van der Waals surface area contributed by atoms with Crippen LogP contribution in [0.25, 0.3) is 66.0 Å². The minimum atomic E-state index is -0.0449. The second kappa shape index (κ2) is 11.3. The summed E-state index contributed by atoms with van der Waals surface area (Å²) in [5.41, 5.74) is 16.0. The minimum absolute atomic E-state index is 0.0449. The number of aromatic nitrogens is 1. The van der Waals surface area contributed by atoms with Crippen LogP contribution < -0.4 is 4.90 Å². The van der Waals surface area contributed by atoms with E-state index < -0.39 is 0 Å². The van der Waals surface area contributed by atoms with Gasteiger partial charge in [0.25, 0.3) is 0 Å². The monoisotopic (exact) mass is 652 g/mol. The zero-order valence-corrected chi connectivity index (χ0v) is 28.7. The van der Waals surface area contributed by atoms with Gasteiger partial charge in [0.2, 0.25) is 0 Å². The summed E-state index contributed by atoms with van der Waals surface area (Å²) < 4.78 is 0. The van der Waals surface area contributed by atoms with Crippen molar-refractivity contribution in [3.8, 4) is 33.4 Å². The van der Waals surface area contributed by atoms with Crippen molar-refractivity contribution in [3.05, 3.63) is 187 Å². The number of nitrogens with zero attached hydrogens (tertiary/aromatic N) is 1. The number of para-hydroxylation sites is 1. The van der Waals surface area contributed by atoms with E-state index in [0.29, 0.717) is 0 Å². The molecule has 0 saturated heterocycles. The number of fused-ring (bicyclic) bond motifs is 7. The highest BCUT2D eigenvalue weighted by atomic mass is 15.1. The normalized spacial score (nSPS) is 13.1. The minimum Gasteiger partial charge on any atom is -0.354 e. The van der Waals surface area contributed by atoms with Crippen LogP contribution in [0.1, 0.15) is 25.0 Å². The molecular formula is C49H36N2. The zero-order chi connectivity index (χ0) is 34.1. The number of benzene rings is 8. The summed E-state index contributed by atoms with van der Waals surface area (Å²) in [7, 11) is 0. The SMILES string of the molecule is CC1(C)c2ccccc2-c2ccc(-c3cccc4c3[nH]c3ccc(N(c5ccc(-c6ccccc6)cc5)c5ccc6ccccc6c5)cc34)cc21. The highest BCUT2D eigenvalue weighted by Gasteiger charge is 2.35. The molecule has 0 bridgehead atoms. The summed E-state index contributed by atoms with van der Waals surface area (Å²) in [4.78, 5) is 6.21. The van der Waals surface area contributed by atoms with Gasteiger partial charge in [-0.05, 0) is 98.2 Å². The van der Waals surface area contributed by atoms with Crippen molar-refractivity contribution in [2.24, 2.45) is 0 Å². The maximum absolute atomic E-state index is 3.83. The molecule has 1 aromatic heterocycles. The highest BCUT2D eigenvalue weighted by Crippen LogP contribution is 2.50. The summed E-state index contributed by atoms with van der Waals surface area (Å²) in [6.45, 7) is 4.70. The molecule has 10 rings (SSSR count). The number of nitrogens with one attached hydrogen (secondary N) is 1. The zero-order valence-electron chi connectivity index (χ0n) is 28.7. The molecular weight excluding hydrogens is 617 g/mol.